The van der Waals surface area contributed by atoms with Gasteiger partial charge in [0, 0.05) is 12.7 Å². The summed E-state index contributed by atoms with van der Waals surface area (Å²) in [7, 11) is 1.84. The van der Waals surface area contributed by atoms with Crippen molar-refractivity contribution in [3.8, 4) is 10.4 Å². The molecule has 0 saturated heterocycles. The van der Waals surface area contributed by atoms with Gasteiger partial charge in [-0.25, -0.2) is 4.98 Å². The highest BCUT2D eigenvalue weighted by atomic mass is 32.1. The van der Waals surface area contributed by atoms with Gasteiger partial charge in [0.1, 0.15) is 0 Å². The van der Waals surface area contributed by atoms with Gasteiger partial charge >= 0.3 is 6.18 Å². The van der Waals surface area contributed by atoms with Crippen molar-refractivity contribution in [2.75, 3.05) is 7.05 Å². The van der Waals surface area contributed by atoms with Crippen LogP contribution in [0.25, 0.3) is 10.4 Å². The lowest BCUT2D eigenvalue weighted by molar-refractivity contribution is -0.137. The van der Waals surface area contributed by atoms with E-state index in [2.05, 4.69) is 10.3 Å². The second-order valence-corrected chi connectivity index (χ2v) is 4.79. The highest BCUT2D eigenvalue weighted by Crippen LogP contribution is 2.36. The number of rotatable bonds is 3. The van der Waals surface area contributed by atoms with Crippen molar-refractivity contribution in [3.05, 3.63) is 41.0 Å². The van der Waals surface area contributed by atoms with E-state index in [4.69, 9.17) is 0 Å². The summed E-state index contributed by atoms with van der Waals surface area (Å²) in [5.41, 5.74) is 1.84. The average Bonchev–Trinajstić information content (AvgIpc) is 2.79. The Kier molecular flexibility index (Phi) is 3.68. The Morgan fingerprint density at radius 2 is 1.89 bits per heavy atom. The van der Waals surface area contributed by atoms with Gasteiger partial charge in [0.05, 0.1) is 4.88 Å². The van der Waals surface area contributed by atoms with Gasteiger partial charge in [-0.2, -0.15) is 13.2 Å². The first-order valence-electron chi connectivity index (χ1n) is 5.27. The second kappa shape index (κ2) is 5.07. The summed E-state index contributed by atoms with van der Waals surface area (Å²) >= 11 is 0.660. The number of nitrogens with zero attached hydrogens (tertiary/aromatic N) is 1. The molecule has 0 aliphatic carbocycles. The van der Waals surface area contributed by atoms with Crippen LogP contribution in [0.4, 0.5) is 13.2 Å². The molecule has 1 N–H and O–H groups in total. The molecule has 6 heteroatoms. The van der Waals surface area contributed by atoms with Crippen LogP contribution in [-0.2, 0) is 12.7 Å². The predicted octanol–water partition coefficient (Wildman–Crippen LogP) is 3.55. The minimum absolute atomic E-state index is 0.526. The molecule has 0 aliphatic rings. The van der Waals surface area contributed by atoms with Crippen LogP contribution in [0.2, 0.25) is 0 Å². The van der Waals surface area contributed by atoms with Crippen LogP contribution in [0.3, 0.4) is 0 Å². The zero-order chi connectivity index (χ0) is 13.2. The summed E-state index contributed by atoms with van der Waals surface area (Å²) in [6.45, 7) is 0.733. The number of hydrogen-bond donors (Lipinski definition) is 1. The summed E-state index contributed by atoms with van der Waals surface area (Å²) in [5.74, 6) is 0. The van der Waals surface area contributed by atoms with Crippen molar-refractivity contribution >= 4 is 11.3 Å². The van der Waals surface area contributed by atoms with Gasteiger partial charge in [0.25, 0.3) is 0 Å². The average molecular weight is 272 g/mol. The van der Waals surface area contributed by atoms with E-state index in [0.29, 0.717) is 16.2 Å². The van der Waals surface area contributed by atoms with E-state index >= 15 is 0 Å². The topological polar surface area (TPSA) is 24.9 Å². The Morgan fingerprint density at radius 3 is 2.39 bits per heavy atom. The fourth-order valence-electron chi connectivity index (χ4n) is 1.53. The summed E-state index contributed by atoms with van der Waals surface area (Å²) < 4.78 is 37.3. The number of benzene rings is 1. The highest BCUT2D eigenvalue weighted by Gasteiger charge is 2.34. The van der Waals surface area contributed by atoms with Gasteiger partial charge in [-0.3, -0.25) is 0 Å². The molecule has 18 heavy (non-hydrogen) atoms. The molecular formula is C12H11F3N2S. The third kappa shape index (κ3) is 2.88. The minimum atomic E-state index is -4.37. The standard InChI is InChI=1S/C12H11F3N2S/c1-16-6-8-2-4-9(5-3-8)10-7-17-11(18-10)12(13,14)15/h2-5,7,16H,6H2,1H3. The molecule has 0 atom stereocenters. The molecule has 1 aromatic carbocycles. The maximum absolute atomic E-state index is 12.4. The first-order valence-corrected chi connectivity index (χ1v) is 6.09. The minimum Gasteiger partial charge on any atom is -0.316 e. The molecule has 96 valence electrons. The molecule has 0 fully saturated rings. The van der Waals surface area contributed by atoms with Crippen molar-refractivity contribution in [2.45, 2.75) is 12.7 Å². The van der Waals surface area contributed by atoms with Crippen molar-refractivity contribution in [3.63, 3.8) is 0 Å². The molecule has 2 rings (SSSR count). The van der Waals surface area contributed by atoms with E-state index in [0.717, 1.165) is 17.7 Å². The molecule has 1 heterocycles. The number of alkyl halides is 3. The first-order chi connectivity index (χ1) is 8.50. The highest BCUT2D eigenvalue weighted by molar-refractivity contribution is 7.15. The molecule has 0 saturated carbocycles. The van der Waals surface area contributed by atoms with Gasteiger partial charge < -0.3 is 5.32 Å². The Morgan fingerprint density at radius 1 is 1.22 bits per heavy atom. The maximum Gasteiger partial charge on any atom is 0.443 e. The van der Waals surface area contributed by atoms with Gasteiger partial charge in [-0.05, 0) is 18.2 Å². The Hall–Kier alpha value is -1.40. The third-order valence-electron chi connectivity index (χ3n) is 2.37. The van der Waals surface area contributed by atoms with Crippen molar-refractivity contribution in [1.29, 1.82) is 0 Å². The largest absolute Gasteiger partial charge is 0.443 e. The van der Waals surface area contributed by atoms with E-state index in [1.807, 2.05) is 19.2 Å². The Bertz CT molecular complexity index is 517. The summed E-state index contributed by atoms with van der Waals surface area (Å²) in [5, 5.41) is 2.20. The van der Waals surface area contributed by atoms with E-state index in [1.165, 1.54) is 6.20 Å². The molecule has 1 aromatic heterocycles. The molecule has 0 amide bonds. The van der Waals surface area contributed by atoms with Crippen LogP contribution in [0.1, 0.15) is 10.6 Å². The summed E-state index contributed by atoms with van der Waals surface area (Å²) in [6, 6.07) is 7.39. The lowest BCUT2D eigenvalue weighted by Crippen LogP contribution is -2.04. The number of hydrogen-bond acceptors (Lipinski definition) is 3. The van der Waals surface area contributed by atoms with Gasteiger partial charge in [0.2, 0.25) is 0 Å². The predicted molar refractivity (Wildman–Crippen MR) is 65.3 cm³/mol. The zero-order valence-corrected chi connectivity index (χ0v) is 10.4. The van der Waals surface area contributed by atoms with Crippen LogP contribution in [-0.4, -0.2) is 12.0 Å². The van der Waals surface area contributed by atoms with Crippen LogP contribution in [0, 0.1) is 0 Å². The number of nitrogens with one attached hydrogen (secondary N) is 1. The fourth-order valence-corrected chi connectivity index (χ4v) is 2.32. The zero-order valence-electron chi connectivity index (χ0n) is 9.58. The molecule has 0 bridgehead atoms. The molecule has 0 radical (unpaired) electrons. The Labute approximate surface area is 106 Å². The maximum atomic E-state index is 12.4. The van der Waals surface area contributed by atoms with Crippen LogP contribution in [0.5, 0.6) is 0 Å². The van der Waals surface area contributed by atoms with Crippen LogP contribution >= 0.6 is 11.3 Å². The molecule has 2 nitrogen and oxygen atoms in total. The van der Waals surface area contributed by atoms with E-state index in [-0.39, 0.29) is 0 Å². The smallest absolute Gasteiger partial charge is 0.316 e. The fraction of sp³-hybridized carbons (Fsp3) is 0.250. The SMILES string of the molecule is CNCc1ccc(-c2cnc(C(F)(F)F)s2)cc1. The number of thiazole rings is 1. The van der Waals surface area contributed by atoms with Crippen molar-refractivity contribution < 1.29 is 13.2 Å². The van der Waals surface area contributed by atoms with E-state index in [1.54, 1.807) is 12.1 Å². The lowest BCUT2D eigenvalue weighted by atomic mass is 10.1. The van der Waals surface area contributed by atoms with Crippen LogP contribution < -0.4 is 5.32 Å². The normalized spacial score (nSPS) is 11.8. The summed E-state index contributed by atoms with van der Waals surface area (Å²) in [4.78, 5) is 3.93. The lowest BCUT2D eigenvalue weighted by Gasteiger charge is -2.02. The van der Waals surface area contributed by atoms with E-state index < -0.39 is 11.2 Å². The van der Waals surface area contributed by atoms with Crippen LogP contribution in [0.15, 0.2) is 30.5 Å². The molecule has 0 unspecified atom stereocenters. The first kappa shape index (κ1) is 13.0. The monoisotopic (exact) mass is 272 g/mol. The molecule has 0 aliphatic heterocycles. The van der Waals surface area contributed by atoms with Crippen molar-refractivity contribution in [1.82, 2.24) is 10.3 Å². The molecular weight excluding hydrogens is 261 g/mol. The van der Waals surface area contributed by atoms with Gasteiger partial charge in [-0.15, -0.1) is 11.3 Å². The quantitative estimate of drug-likeness (QED) is 0.924. The molecule has 0 spiro atoms. The number of aromatic nitrogens is 1. The van der Waals surface area contributed by atoms with Gasteiger partial charge in [0.15, 0.2) is 5.01 Å². The number of halogens is 3. The van der Waals surface area contributed by atoms with Gasteiger partial charge in [-0.1, -0.05) is 24.3 Å². The molecule has 2 aromatic rings. The third-order valence-corrected chi connectivity index (χ3v) is 3.46. The Balaban J connectivity index is 2.23. The van der Waals surface area contributed by atoms with E-state index in [9.17, 15) is 13.2 Å². The van der Waals surface area contributed by atoms with Crippen molar-refractivity contribution in [2.24, 2.45) is 0 Å². The summed E-state index contributed by atoms with van der Waals surface area (Å²) in [6.07, 6.45) is -3.10. The second-order valence-electron chi connectivity index (χ2n) is 3.75.